The molecule has 0 saturated carbocycles. The highest BCUT2D eigenvalue weighted by molar-refractivity contribution is 6.16. The second-order valence-corrected chi connectivity index (χ2v) is 4.46. The molecule has 1 aromatic carbocycles. The van der Waals surface area contributed by atoms with Crippen molar-refractivity contribution in [2.24, 2.45) is 0 Å². The topological polar surface area (TPSA) is 51.2 Å². The fourth-order valence-electron chi connectivity index (χ4n) is 1.86. The van der Waals surface area contributed by atoms with Crippen LogP contribution in [0.3, 0.4) is 0 Å². The Balaban J connectivity index is 2.29. The lowest BCUT2D eigenvalue weighted by Crippen LogP contribution is -2.09. The standard InChI is InChI=1S/C17H18N2O2/c1-3-21-17(20)15(14-9-5-4-6-10-14)12-19-16-13(2)8-7-11-18-16/h4-12H,3H2,1-2H3,(H,18,19). The Morgan fingerprint density at radius 3 is 2.67 bits per heavy atom. The molecule has 0 bridgehead atoms. The number of nitrogens with one attached hydrogen (secondary N) is 1. The fraction of sp³-hybridized carbons (Fsp3) is 0.176. The minimum atomic E-state index is -0.357. The summed E-state index contributed by atoms with van der Waals surface area (Å²) in [7, 11) is 0. The van der Waals surface area contributed by atoms with Gasteiger partial charge < -0.3 is 10.1 Å². The van der Waals surface area contributed by atoms with E-state index in [0.29, 0.717) is 12.2 Å². The van der Waals surface area contributed by atoms with Gasteiger partial charge in [-0.1, -0.05) is 36.4 Å². The van der Waals surface area contributed by atoms with Gasteiger partial charge in [0.25, 0.3) is 0 Å². The van der Waals surface area contributed by atoms with E-state index in [9.17, 15) is 4.79 Å². The zero-order valence-electron chi connectivity index (χ0n) is 12.2. The number of benzene rings is 1. The Bertz CT molecular complexity index is 636. The molecule has 108 valence electrons. The van der Waals surface area contributed by atoms with E-state index in [-0.39, 0.29) is 5.97 Å². The summed E-state index contributed by atoms with van der Waals surface area (Å²) in [5, 5.41) is 3.08. The quantitative estimate of drug-likeness (QED) is 0.674. The maximum Gasteiger partial charge on any atom is 0.340 e. The van der Waals surface area contributed by atoms with Crippen LogP contribution >= 0.6 is 0 Å². The molecular formula is C17H18N2O2. The number of hydrogen-bond donors (Lipinski definition) is 1. The highest BCUT2D eigenvalue weighted by Crippen LogP contribution is 2.17. The number of carbonyl (C=O) groups is 1. The fourth-order valence-corrected chi connectivity index (χ4v) is 1.86. The summed E-state index contributed by atoms with van der Waals surface area (Å²) in [4.78, 5) is 16.3. The van der Waals surface area contributed by atoms with Crippen molar-refractivity contribution in [3.05, 3.63) is 66.0 Å². The van der Waals surface area contributed by atoms with Crippen molar-refractivity contribution >= 4 is 17.4 Å². The van der Waals surface area contributed by atoms with Gasteiger partial charge in [-0.05, 0) is 31.0 Å². The van der Waals surface area contributed by atoms with Gasteiger partial charge in [-0.25, -0.2) is 9.78 Å². The summed E-state index contributed by atoms with van der Waals surface area (Å²) in [6.45, 7) is 4.08. The zero-order valence-corrected chi connectivity index (χ0v) is 12.2. The molecule has 0 aliphatic rings. The highest BCUT2D eigenvalue weighted by atomic mass is 16.5. The Kier molecular flexibility index (Phi) is 5.10. The van der Waals surface area contributed by atoms with E-state index in [4.69, 9.17) is 4.74 Å². The number of pyridine rings is 1. The van der Waals surface area contributed by atoms with Crippen LogP contribution in [-0.4, -0.2) is 17.6 Å². The van der Waals surface area contributed by atoms with Crippen molar-refractivity contribution < 1.29 is 9.53 Å². The predicted molar refractivity (Wildman–Crippen MR) is 83.6 cm³/mol. The molecule has 4 heteroatoms. The number of hydrogen-bond acceptors (Lipinski definition) is 4. The van der Waals surface area contributed by atoms with Gasteiger partial charge in [0.1, 0.15) is 5.82 Å². The van der Waals surface area contributed by atoms with E-state index >= 15 is 0 Å². The molecule has 1 aromatic heterocycles. The van der Waals surface area contributed by atoms with Crippen LogP contribution in [-0.2, 0) is 9.53 Å². The molecule has 0 spiro atoms. The van der Waals surface area contributed by atoms with Gasteiger partial charge in [-0.2, -0.15) is 0 Å². The molecule has 0 aliphatic carbocycles. The van der Waals surface area contributed by atoms with E-state index in [1.54, 1.807) is 19.3 Å². The maximum absolute atomic E-state index is 12.1. The number of ether oxygens (including phenoxy) is 1. The third kappa shape index (κ3) is 3.92. The molecule has 4 nitrogen and oxygen atoms in total. The number of aromatic nitrogens is 1. The lowest BCUT2D eigenvalue weighted by Gasteiger charge is -2.09. The second kappa shape index (κ2) is 7.24. The van der Waals surface area contributed by atoms with Crippen molar-refractivity contribution in [2.45, 2.75) is 13.8 Å². The van der Waals surface area contributed by atoms with Crippen LogP contribution < -0.4 is 5.32 Å². The molecule has 0 radical (unpaired) electrons. The van der Waals surface area contributed by atoms with Crippen molar-refractivity contribution in [1.29, 1.82) is 0 Å². The molecular weight excluding hydrogens is 264 g/mol. The number of nitrogens with zero attached hydrogens (tertiary/aromatic N) is 1. The Labute approximate surface area is 124 Å². The summed E-state index contributed by atoms with van der Waals surface area (Å²) < 4.78 is 5.11. The molecule has 1 heterocycles. The van der Waals surface area contributed by atoms with Gasteiger partial charge in [-0.3, -0.25) is 0 Å². The number of carbonyl (C=O) groups excluding carboxylic acids is 1. The van der Waals surface area contributed by atoms with Gasteiger partial charge in [0, 0.05) is 12.4 Å². The second-order valence-electron chi connectivity index (χ2n) is 4.46. The summed E-state index contributed by atoms with van der Waals surface area (Å²) >= 11 is 0. The van der Waals surface area contributed by atoms with Gasteiger partial charge >= 0.3 is 5.97 Å². The average molecular weight is 282 g/mol. The smallest absolute Gasteiger partial charge is 0.340 e. The van der Waals surface area contributed by atoms with Crippen LogP contribution in [0.1, 0.15) is 18.1 Å². The van der Waals surface area contributed by atoms with Crippen LogP contribution in [0.25, 0.3) is 5.57 Å². The molecule has 0 amide bonds. The lowest BCUT2D eigenvalue weighted by molar-refractivity contribution is -0.136. The molecule has 0 aliphatic heterocycles. The SMILES string of the molecule is CCOC(=O)C(=CNc1ncccc1C)c1ccccc1. The number of rotatable bonds is 5. The molecule has 0 atom stereocenters. The van der Waals surface area contributed by atoms with Crippen LogP contribution in [0.2, 0.25) is 0 Å². The van der Waals surface area contributed by atoms with Gasteiger partial charge in [0.15, 0.2) is 0 Å². The van der Waals surface area contributed by atoms with E-state index in [1.165, 1.54) is 0 Å². The average Bonchev–Trinajstić information content (AvgIpc) is 2.50. The first-order valence-corrected chi connectivity index (χ1v) is 6.83. The van der Waals surface area contributed by atoms with Crippen LogP contribution in [0, 0.1) is 6.92 Å². The minimum absolute atomic E-state index is 0.339. The predicted octanol–water partition coefficient (Wildman–Crippen LogP) is 3.41. The molecule has 0 saturated heterocycles. The van der Waals surface area contributed by atoms with E-state index in [0.717, 1.165) is 16.9 Å². The molecule has 0 fully saturated rings. The molecule has 1 N–H and O–H groups in total. The number of anilines is 1. The van der Waals surface area contributed by atoms with Crippen LogP contribution in [0.5, 0.6) is 0 Å². The molecule has 0 unspecified atom stereocenters. The van der Waals surface area contributed by atoms with E-state index in [2.05, 4.69) is 10.3 Å². The van der Waals surface area contributed by atoms with Crippen LogP contribution in [0.15, 0.2) is 54.9 Å². The first kappa shape index (κ1) is 14.8. The summed E-state index contributed by atoms with van der Waals surface area (Å²) in [6, 6.07) is 13.2. The van der Waals surface area contributed by atoms with Crippen LogP contribution in [0.4, 0.5) is 5.82 Å². The number of aryl methyl sites for hydroxylation is 1. The number of esters is 1. The summed E-state index contributed by atoms with van der Waals surface area (Å²) in [5.41, 5.74) is 2.28. The van der Waals surface area contributed by atoms with Gasteiger partial charge in [0.05, 0.1) is 12.2 Å². The molecule has 2 rings (SSSR count). The highest BCUT2D eigenvalue weighted by Gasteiger charge is 2.13. The van der Waals surface area contributed by atoms with E-state index in [1.807, 2.05) is 49.4 Å². The maximum atomic E-state index is 12.1. The Morgan fingerprint density at radius 1 is 1.24 bits per heavy atom. The molecule has 21 heavy (non-hydrogen) atoms. The molecule has 2 aromatic rings. The summed E-state index contributed by atoms with van der Waals surface area (Å²) in [5.74, 6) is 0.361. The first-order valence-electron chi connectivity index (χ1n) is 6.83. The Morgan fingerprint density at radius 2 is 2.00 bits per heavy atom. The monoisotopic (exact) mass is 282 g/mol. The minimum Gasteiger partial charge on any atom is -0.462 e. The zero-order chi connectivity index (χ0) is 15.1. The van der Waals surface area contributed by atoms with Gasteiger partial charge in [0.2, 0.25) is 0 Å². The third-order valence-corrected chi connectivity index (χ3v) is 2.94. The third-order valence-electron chi connectivity index (χ3n) is 2.94. The van der Waals surface area contributed by atoms with E-state index < -0.39 is 0 Å². The van der Waals surface area contributed by atoms with Crippen molar-refractivity contribution in [2.75, 3.05) is 11.9 Å². The normalized spacial score (nSPS) is 11.0. The van der Waals surface area contributed by atoms with Crippen molar-refractivity contribution in [3.63, 3.8) is 0 Å². The lowest BCUT2D eigenvalue weighted by atomic mass is 10.1. The Hall–Kier alpha value is -2.62. The van der Waals surface area contributed by atoms with Crippen molar-refractivity contribution in [1.82, 2.24) is 4.98 Å². The first-order chi connectivity index (χ1) is 10.2. The van der Waals surface area contributed by atoms with Crippen molar-refractivity contribution in [3.8, 4) is 0 Å². The van der Waals surface area contributed by atoms with Gasteiger partial charge in [-0.15, -0.1) is 0 Å². The largest absolute Gasteiger partial charge is 0.462 e. The summed E-state index contributed by atoms with van der Waals surface area (Å²) in [6.07, 6.45) is 3.35.